The van der Waals surface area contributed by atoms with E-state index in [1.54, 1.807) is 14.2 Å². The maximum absolute atomic E-state index is 5.73. The van der Waals surface area contributed by atoms with Gasteiger partial charge in [0, 0.05) is 16.3 Å². The summed E-state index contributed by atoms with van der Waals surface area (Å²) in [5.74, 6) is 8.09. The minimum atomic E-state index is 0.790. The third-order valence-electron chi connectivity index (χ3n) is 4.47. The molecule has 0 saturated carbocycles. The van der Waals surface area contributed by atoms with E-state index in [2.05, 4.69) is 36.1 Å². The standard InChI is InChI=1S/C24H18O2/c1-25-23-10-6-9-19-15-20-14-13-18(12-11-17-7-4-3-5-8-17)24(26-2)22(20)16-21(19)23/h3-10,13-16H,1-2H3. The molecule has 0 spiro atoms. The van der Waals surface area contributed by atoms with Gasteiger partial charge in [-0.15, -0.1) is 0 Å². The molecule has 126 valence electrons. The number of ether oxygens (including phenoxy) is 2. The molecule has 0 atom stereocenters. The van der Waals surface area contributed by atoms with Gasteiger partial charge in [-0.1, -0.05) is 48.2 Å². The largest absolute Gasteiger partial charge is 0.496 e. The molecule has 0 radical (unpaired) electrons. The second-order valence-electron chi connectivity index (χ2n) is 6.02. The first-order valence-corrected chi connectivity index (χ1v) is 8.44. The summed E-state index contributed by atoms with van der Waals surface area (Å²) in [5, 5.41) is 4.35. The second kappa shape index (κ2) is 6.82. The van der Waals surface area contributed by atoms with E-state index in [9.17, 15) is 0 Å². The summed E-state index contributed by atoms with van der Waals surface area (Å²) >= 11 is 0. The summed E-state index contributed by atoms with van der Waals surface area (Å²) in [6, 6.07) is 24.4. The molecule has 0 aliphatic rings. The van der Waals surface area contributed by atoms with Crippen molar-refractivity contribution in [1.82, 2.24) is 0 Å². The van der Waals surface area contributed by atoms with Gasteiger partial charge in [0.15, 0.2) is 0 Å². The first-order valence-electron chi connectivity index (χ1n) is 8.44. The molecule has 0 saturated heterocycles. The molecule has 0 heterocycles. The van der Waals surface area contributed by atoms with Crippen molar-refractivity contribution in [3.8, 4) is 23.3 Å². The SMILES string of the molecule is COc1cccc2cc3ccc(C#Cc4ccccc4)c(OC)c3cc12. The Morgan fingerprint density at radius 2 is 1.46 bits per heavy atom. The van der Waals surface area contributed by atoms with E-state index in [-0.39, 0.29) is 0 Å². The Labute approximate surface area is 153 Å². The Bertz CT molecular complexity index is 1150. The summed E-state index contributed by atoms with van der Waals surface area (Å²) in [6.07, 6.45) is 0. The van der Waals surface area contributed by atoms with Gasteiger partial charge in [-0.05, 0) is 47.2 Å². The summed E-state index contributed by atoms with van der Waals surface area (Å²) in [5.41, 5.74) is 1.85. The minimum absolute atomic E-state index is 0.790. The van der Waals surface area contributed by atoms with Crippen LogP contribution in [-0.2, 0) is 0 Å². The second-order valence-corrected chi connectivity index (χ2v) is 6.02. The zero-order valence-corrected chi connectivity index (χ0v) is 14.7. The Morgan fingerprint density at radius 3 is 2.23 bits per heavy atom. The van der Waals surface area contributed by atoms with Crippen LogP contribution >= 0.6 is 0 Å². The first kappa shape index (κ1) is 16.1. The molecule has 0 aromatic heterocycles. The molecular weight excluding hydrogens is 320 g/mol. The molecule has 0 aliphatic carbocycles. The number of benzene rings is 4. The van der Waals surface area contributed by atoms with Gasteiger partial charge in [0.25, 0.3) is 0 Å². The van der Waals surface area contributed by atoms with Crippen LogP contribution in [0.25, 0.3) is 21.5 Å². The number of hydrogen-bond donors (Lipinski definition) is 0. The predicted octanol–water partition coefficient (Wildman–Crippen LogP) is 5.41. The van der Waals surface area contributed by atoms with E-state index in [0.29, 0.717) is 0 Å². The quantitative estimate of drug-likeness (QED) is 0.359. The molecule has 2 nitrogen and oxygen atoms in total. The topological polar surface area (TPSA) is 18.5 Å². The van der Waals surface area contributed by atoms with Crippen LogP contribution in [0.3, 0.4) is 0 Å². The fraction of sp³-hybridized carbons (Fsp3) is 0.0833. The Hall–Kier alpha value is -3.44. The van der Waals surface area contributed by atoms with E-state index in [4.69, 9.17) is 9.47 Å². The Kier molecular flexibility index (Phi) is 4.21. The summed E-state index contributed by atoms with van der Waals surface area (Å²) in [7, 11) is 3.38. The van der Waals surface area contributed by atoms with Gasteiger partial charge >= 0.3 is 0 Å². The highest BCUT2D eigenvalue weighted by atomic mass is 16.5. The smallest absolute Gasteiger partial charge is 0.142 e. The number of hydrogen-bond acceptors (Lipinski definition) is 2. The van der Waals surface area contributed by atoms with Crippen molar-refractivity contribution in [1.29, 1.82) is 0 Å². The molecule has 0 N–H and O–H groups in total. The highest BCUT2D eigenvalue weighted by Gasteiger charge is 2.10. The Morgan fingerprint density at radius 1 is 0.654 bits per heavy atom. The minimum Gasteiger partial charge on any atom is -0.496 e. The van der Waals surface area contributed by atoms with Crippen LogP contribution < -0.4 is 9.47 Å². The molecule has 0 fully saturated rings. The zero-order chi connectivity index (χ0) is 17.9. The lowest BCUT2D eigenvalue weighted by Crippen LogP contribution is -1.91. The van der Waals surface area contributed by atoms with Crippen LogP contribution in [0.2, 0.25) is 0 Å². The highest BCUT2D eigenvalue weighted by molar-refractivity contribution is 6.04. The first-order chi connectivity index (χ1) is 12.8. The number of rotatable bonds is 2. The van der Waals surface area contributed by atoms with Gasteiger partial charge in [0.2, 0.25) is 0 Å². The monoisotopic (exact) mass is 338 g/mol. The van der Waals surface area contributed by atoms with Gasteiger partial charge in [-0.2, -0.15) is 0 Å². The van der Waals surface area contributed by atoms with Crippen molar-refractivity contribution in [2.24, 2.45) is 0 Å². The van der Waals surface area contributed by atoms with Gasteiger partial charge in [-0.3, -0.25) is 0 Å². The van der Waals surface area contributed by atoms with Crippen LogP contribution in [-0.4, -0.2) is 14.2 Å². The fourth-order valence-corrected chi connectivity index (χ4v) is 3.20. The van der Waals surface area contributed by atoms with Crippen molar-refractivity contribution >= 4 is 21.5 Å². The number of methoxy groups -OCH3 is 2. The van der Waals surface area contributed by atoms with Gasteiger partial charge in [0.05, 0.1) is 19.8 Å². The van der Waals surface area contributed by atoms with E-state index >= 15 is 0 Å². The fourth-order valence-electron chi connectivity index (χ4n) is 3.20. The third-order valence-corrected chi connectivity index (χ3v) is 4.47. The average Bonchev–Trinajstić information content (AvgIpc) is 2.70. The van der Waals surface area contributed by atoms with E-state index in [0.717, 1.165) is 44.2 Å². The average molecular weight is 338 g/mol. The van der Waals surface area contributed by atoms with E-state index in [1.165, 1.54) is 0 Å². The maximum atomic E-state index is 5.73. The molecule has 2 heteroatoms. The summed E-state index contributed by atoms with van der Waals surface area (Å²) in [4.78, 5) is 0. The van der Waals surface area contributed by atoms with Crippen molar-refractivity contribution in [2.45, 2.75) is 0 Å². The van der Waals surface area contributed by atoms with Gasteiger partial charge < -0.3 is 9.47 Å². The van der Waals surface area contributed by atoms with Crippen LogP contribution in [0.1, 0.15) is 11.1 Å². The van der Waals surface area contributed by atoms with Crippen LogP contribution in [0, 0.1) is 11.8 Å². The van der Waals surface area contributed by atoms with Gasteiger partial charge in [0.1, 0.15) is 11.5 Å². The summed E-state index contributed by atoms with van der Waals surface area (Å²) in [6.45, 7) is 0. The molecule has 4 aromatic rings. The lowest BCUT2D eigenvalue weighted by molar-refractivity contribution is 0.418. The lowest BCUT2D eigenvalue weighted by atomic mass is 10.00. The molecule has 4 rings (SSSR count). The lowest BCUT2D eigenvalue weighted by Gasteiger charge is -2.11. The van der Waals surface area contributed by atoms with Crippen LogP contribution in [0.5, 0.6) is 11.5 Å². The molecule has 0 unspecified atom stereocenters. The third kappa shape index (κ3) is 2.85. The molecular formula is C24H18O2. The van der Waals surface area contributed by atoms with Crippen molar-refractivity contribution in [3.05, 3.63) is 83.9 Å². The van der Waals surface area contributed by atoms with Crippen molar-refractivity contribution in [3.63, 3.8) is 0 Å². The molecule has 26 heavy (non-hydrogen) atoms. The normalized spacial score (nSPS) is 10.4. The maximum Gasteiger partial charge on any atom is 0.142 e. The summed E-state index contributed by atoms with van der Waals surface area (Å²) < 4.78 is 11.2. The van der Waals surface area contributed by atoms with Crippen molar-refractivity contribution in [2.75, 3.05) is 14.2 Å². The Balaban J connectivity index is 1.93. The van der Waals surface area contributed by atoms with Gasteiger partial charge in [-0.25, -0.2) is 0 Å². The number of fused-ring (bicyclic) bond motifs is 2. The van der Waals surface area contributed by atoms with E-state index < -0.39 is 0 Å². The van der Waals surface area contributed by atoms with E-state index in [1.807, 2.05) is 48.5 Å². The molecule has 0 aliphatic heterocycles. The van der Waals surface area contributed by atoms with Crippen LogP contribution in [0.4, 0.5) is 0 Å². The molecule has 0 bridgehead atoms. The molecule has 0 amide bonds. The molecule has 4 aromatic carbocycles. The van der Waals surface area contributed by atoms with Crippen LogP contribution in [0.15, 0.2) is 72.8 Å². The highest BCUT2D eigenvalue weighted by Crippen LogP contribution is 2.35. The van der Waals surface area contributed by atoms with Crippen molar-refractivity contribution < 1.29 is 9.47 Å². The zero-order valence-electron chi connectivity index (χ0n) is 14.7. The predicted molar refractivity (Wildman–Crippen MR) is 107 cm³/mol.